The van der Waals surface area contributed by atoms with Crippen LogP contribution in [0, 0.1) is 0 Å². The highest BCUT2D eigenvalue weighted by molar-refractivity contribution is 5.93. The Morgan fingerprint density at radius 1 is 1.18 bits per heavy atom. The number of hydrogen-bond acceptors (Lipinski definition) is 4. The fourth-order valence-electron chi connectivity index (χ4n) is 3.54. The number of guanidine groups is 1. The molecule has 2 aliphatic rings. The van der Waals surface area contributed by atoms with Crippen LogP contribution in [0.25, 0.3) is 0 Å². The first-order chi connectivity index (χ1) is 13.6. The van der Waals surface area contributed by atoms with Crippen molar-refractivity contribution in [1.29, 1.82) is 0 Å². The molecule has 148 valence electrons. The third-order valence-corrected chi connectivity index (χ3v) is 4.85. The molecular formula is C20H21F2N3O3. The smallest absolute Gasteiger partial charge is 0.387 e. The van der Waals surface area contributed by atoms with Crippen LogP contribution in [0.4, 0.5) is 14.5 Å². The lowest BCUT2D eigenvalue weighted by molar-refractivity contribution is -0.0505. The molecule has 3 N–H and O–H groups in total. The lowest BCUT2D eigenvalue weighted by atomic mass is 9.90. The first-order valence-corrected chi connectivity index (χ1v) is 9.15. The van der Waals surface area contributed by atoms with E-state index in [0.717, 1.165) is 24.9 Å². The Labute approximate surface area is 161 Å². The van der Waals surface area contributed by atoms with E-state index in [1.165, 1.54) is 23.6 Å². The molecule has 4 rings (SSSR count). The van der Waals surface area contributed by atoms with Crippen LogP contribution in [-0.4, -0.2) is 19.4 Å². The summed E-state index contributed by atoms with van der Waals surface area (Å²) >= 11 is 0. The second-order valence-corrected chi connectivity index (χ2v) is 6.67. The number of aliphatic imine (C=N–C) groups is 1. The number of aryl methyl sites for hydroxylation is 1. The van der Waals surface area contributed by atoms with E-state index in [-0.39, 0.29) is 25.0 Å². The van der Waals surface area contributed by atoms with Gasteiger partial charge in [-0.05, 0) is 48.9 Å². The monoisotopic (exact) mass is 389 g/mol. The molecule has 0 unspecified atom stereocenters. The first kappa shape index (κ1) is 18.3. The number of hydrogen-bond donors (Lipinski definition) is 2. The summed E-state index contributed by atoms with van der Waals surface area (Å²) in [5.74, 6) is 1.04. The second-order valence-electron chi connectivity index (χ2n) is 6.67. The molecule has 0 bridgehead atoms. The lowest BCUT2D eigenvalue weighted by Gasteiger charge is -2.19. The molecule has 6 nitrogen and oxygen atoms in total. The predicted molar refractivity (Wildman–Crippen MR) is 101 cm³/mol. The average molecular weight is 389 g/mol. The molecule has 1 heterocycles. The van der Waals surface area contributed by atoms with Gasteiger partial charge in [-0.15, -0.1) is 0 Å². The molecule has 2 aromatic carbocycles. The van der Waals surface area contributed by atoms with Crippen LogP contribution in [0.1, 0.15) is 29.5 Å². The van der Waals surface area contributed by atoms with E-state index in [1.807, 2.05) is 12.1 Å². The van der Waals surface area contributed by atoms with Gasteiger partial charge in [0.25, 0.3) is 0 Å². The van der Waals surface area contributed by atoms with Gasteiger partial charge in [-0.3, -0.25) is 0 Å². The molecule has 0 radical (unpaired) electrons. The highest BCUT2D eigenvalue weighted by Gasteiger charge is 2.20. The van der Waals surface area contributed by atoms with Crippen LogP contribution in [0.3, 0.4) is 0 Å². The minimum absolute atomic E-state index is 0.00658. The van der Waals surface area contributed by atoms with Crippen LogP contribution in [0.2, 0.25) is 0 Å². The highest BCUT2D eigenvalue weighted by Crippen LogP contribution is 2.39. The van der Waals surface area contributed by atoms with Gasteiger partial charge in [0.1, 0.15) is 5.75 Å². The van der Waals surface area contributed by atoms with E-state index < -0.39 is 6.61 Å². The minimum Gasteiger partial charge on any atom is -0.454 e. The Hall–Kier alpha value is -3.03. The predicted octanol–water partition coefficient (Wildman–Crippen LogP) is 3.82. The number of benzene rings is 2. The Kier molecular flexibility index (Phi) is 5.18. The molecule has 28 heavy (non-hydrogen) atoms. The Bertz CT molecular complexity index is 903. The third kappa shape index (κ3) is 3.95. The summed E-state index contributed by atoms with van der Waals surface area (Å²) < 4.78 is 40.6. The number of nitrogens with two attached hydrogens (primary N) is 1. The number of rotatable bonds is 5. The van der Waals surface area contributed by atoms with Crippen LogP contribution < -0.4 is 25.3 Å². The number of fused-ring (bicyclic) bond motifs is 2. The van der Waals surface area contributed by atoms with E-state index in [0.29, 0.717) is 17.1 Å². The lowest BCUT2D eigenvalue weighted by Crippen LogP contribution is -2.24. The molecule has 0 saturated carbocycles. The van der Waals surface area contributed by atoms with Crippen LogP contribution in [0.5, 0.6) is 17.2 Å². The van der Waals surface area contributed by atoms with Crippen molar-refractivity contribution in [2.75, 3.05) is 12.1 Å². The van der Waals surface area contributed by atoms with E-state index in [9.17, 15) is 8.78 Å². The Morgan fingerprint density at radius 3 is 2.79 bits per heavy atom. The summed E-state index contributed by atoms with van der Waals surface area (Å²) in [6.45, 7) is -2.85. The standard InChI is InChI=1S/C20H21F2N3O3/c21-19(22)28-16-9-18-17(26-11-27-18)8-13(16)10-24-20(23)25-15-7-3-5-12-4-1-2-6-14(12)15/h3,5,7-9,19H,1-2,4,6,10-11H2,(H3,23,24,25). The zero-order chi connectivity index (χ0) is 19.5. The largest absolute Gasteiger partial charge is 0.454 e. The van der Waals surface area contributed by atoms with Crippen molar-refractivity contribution in [3.05, 3.63) is 47.0 Å². The molecule has 2 aromatic rings. The fraction of sp³-hybridized carbons (Fsp3) is 0.350. The average Bonchev–Trinajstić information content (AvgIpc) is 3.13. The first-order valence-electron chi connectivity index (χ1n) is 9.15. The molecule has 1 aliphatic heterocycles. The Morgan fingerprint density at radius 2 is 1.96 bits per heavy atom. The van der Waals surface area contributed by atoms with Crippen molar-refractivity contribution < 1.29 is 23.0 Å². The summed E-state index contributed by atoms with van der Waals surface area (Å²) in [6.07, 6.45) is 4.40. The van der Waals surface area contributed by atoms with Crippen LogP contribution in [-0.2, 0) is 19.4 Å². The van der Waals surface area contributed by atoms with Crippen LogP contribution >= 0.6 is 0 Å². The molecule has 0 fully saturated rings. The summed E-state index contributed by atoms with van der Waals surface area (Å²) in [5, 5.41) is 3.14. The minimum atomic E-state index is -2.95. The van der Waals surface area contributed by atoms with Gasteiger partial charge in [0.2, 0.25) is 6.79 Å². The molecule has 0 amide bonds. The topological polar surface area (TPSA) is 78.1 Å². The maximum atomic E-state index is 12.7. The van der Waals surface area contributed by atoms with Gasteiger partial charge < -0.3 is 25.3 Å². The van der Waals surface area contributed by atoms with Crippen LogP contribution in [0.15, 0.2) is 35.3 Å². The van der Waals surface area contributed by atoms with Gasteiger partial charge in [0, 0.05) is 17.3 Å². The third-order valence-electron chi connectivity index (χ3n) is 4.85. The normalized spacial score (nSPS) is 15.5. The van der Waals surface area contributed by atoms with E-state index in [2.05, 4.69) is 21.1 Å². The maximum absolute atomic E-state index is 12.7. The van der Waals surface area contributed by atoms with Crippen molar-refractivity contribution in [3.63, 3.8) is 0 Å². The summed E-state index contributed by atoms with van der Waals surface area (Å²) in [6, 6.07) is 9.07. The van der Waals surface area contributed by atoms with E-state index >= 15 is 0 Å². The molecule has 0 saturated heterocycles. The number of anilines is 1. The number of nitrogens with zero attached hydrogens (tertiary/aromatic N) is 1. The van der Waals surface area contributed by atoms with Gasteiger partial charge in [-0.1, -0.05) is 12.1 Å². The van der Waals surface area contributed by atoms with Gasteiger partial charge in [-0.25, -0.2) is 4.99 Å². The zero-order valence-corrected chi connectivity index (χ0v) is 15.2. The van der Waals surface area contributed by atoms with Gasteiger partial charge in [0.05, 0.1) is 6.54 Å². The zero-order valence-electron chi connectivity index (χ0n) is 15.2. The molecule has 0 aromatic heterocycles. The van der Waals surface area contributed by atoms with Gasteiger partial charge in [0.15, 0.2) is 17.5 Å². The number of ether oxygens (including phenoxy) is 3. The molecule has 8 heteroatoms. The summed E-state index contributed by atoms with van der Waals surface area (Å²) in [7, 11) is 0. The highest BCUT2D eigenvalue weighted by atomic mass is 19.3. The van der Waals surface area contributed by atoms with Gasteiger partial charge >= 0.3 is 6.61 Å². The SMILES string of the molecule is NC(=NCc1cc2c(cc1OC(F)F)OCO2)Nc1cccc2c1CCCC2. The number of halogens is 2. The van der Waals surface area contributed by atoms with E-state index in [1.54, 1.807) is 6.07 Å². The number of alkyl halides is 2. The van der Waals surface area contributed by atoms with E-state index in [4.69, 9.17) is 15.2 Å². The molecule has 0 atom stereocenters. The quantitative estimate of drug-likeness (QED) is 0.600. The number of nitrogens with one attached hydrogen (secondary N) is 1. The summed E-state index contributed by atoms with van der Waals surface area (Å²) in [5.41, 5.74) is 10.0. The van der Waals surface area contributed by atoms with Gasteiger partial charge in [-0.2, -0.15) is 8.78 Å². The molecule has 1 aliphatic carbocycles. The fourth-order valence-corrected chi connectivity index (χ4v) is 3.54. The second kappa shape index (κ2) is 7.92. The van der Waals surface area contributed by atoms with Crippen molar-refractivity contribution in [1.82, 2.24) is 0 Å². The maximum Gasteiger partial charge on any atom is 0.387 e. The Balaban J connectivity index is 1.53. The summed E-state index contributed by atoms with van der Waals surface area (Å²) in [4.78, 5) is 4.29. The van der Waals surface area contributed by atoms with Crippen molar-refractivity contribution >= 4 is 11.6 Å². The molecular weight excluding hydrogens is 368 g/mol. The van der Waals surface area contributed by atoms with Crippen molar-refractivity contribution in [3.8, 4) is 17.2 Å². The molecule has 0 spiro atoms. The van der Waals surface area contributed by atoms with Crippen molar-refractivity contribution in [2.45, 2.75) is 38.8 Å². The van der Waals surface area contributed by atoms with Crippen molar-refractivity contribution in [2.24, 2.45) is 10.7 Å².